The number of ether oxygens (including phenoxy) is 1. The van der Waals surface area contributed by atoms with E-state index in [0.29, 0.717) is 46.4 Å². The number of esters is 1. The molecule has 2 aromatic carbocycles. The first-order valence-corrected chi connectivity index (χ1v) is 22.1. The maximum atomic E-state index is 13.7. The van der Waals surface area contributed by atoms with Crippen molar-refractivity contribution in [3.63, 3.8) is 0 Å². The van der Waals surface area contributed by atoms with Crippen molar-refractivity contribution in [2.45, 2.75) is 170 Å². The standard InChI is InChI=1S/C49H70N4O2/c1-8-9-10-11-12-13-14-15-16-17-18-19-20-21-22-23-24-40-26-28-41(29-27-40)49(54)55-48-45(50-7)44(34-43-38(5)32-36(3)33-39(43)6)47-51-46(52-53(47)48)42-30-25-35(2)31-37(42)4/h25-31,36,38-39,43H,8-24,32-34H2,1-6H3,(H,51,52). The van der Waals surface area contributed by atoms with E-state index >= 15 is 0 Å². The van der Waals surface area contributed by atoms with Crippen LogP contribution < -0.4 is 4.74 Å². The molecule has 6 nitrogen and oxygen atoms in total. The first-order valence-electron chi connectivity index (χ1n) is 22.1. The van der Waals surface area contributed by atoms with Gasteiger partial charge in [-0.25, -0.2) is 19.1 Å². The fourth-order valence-electron chi connectivity index (χ4n) is 9.37. The number of carbonyl (C=O) groups excluding carboxylic acids is 1. The largest absolute Gasteiger partial charge is 0.414 e. The molecule has 6 heteroatoms. The zero-order valence-electron chi connectivity index (χ0n) is 35.2. The van der Waals surface area contributed by atoms with Gasteiger partial charge in [0, 0.05) is 11.1 Å². The summed E-state index contributed by atoms with van der Waals surface area (Å²) in [5.74, 6) is 2.68. The molecule has 0 aliphatic heterocycles. The Balaban J connectivity index is 1.15. The fraction of sp³-hybridized carbons (Fsp3) is 0.612. The highest BCUT2D eigenvalue weighted by molar-refractivity contribution is 5.92. The lowest BCUT2D eigenvalue weighted by atomic mass is 9.67. The molecule has 1 saturated carbocycles. The number of benzene rings is 2. The zero-order valence-corrected chi connectivity index (χ0v) is 35.2. The molecule has 2 atom stereocenters. The number of aromatic nitrogens is 3. The van der Waals surface area contributed by atoms with Gasteiger partial charge in [-0.3, -0.25) is 5.10 Å². The quantitative estimate of drug-likeness (QED) is 0.0495. The molecule has 1 fully saturated rings. The van der Waals surface area contributed by atoms with Crippen molar-refractivity contribution in [2.24, 2.45) is 23.7 Å². The van der Waals surface area contributed by atoms with E-state index in [1.807, 2.05) is 12.1 Å². The molecule has 2 unspecified atom stereocenters. The highest BCUT2D eigenvalue weighted by atomic mass is 16.5. The van der Waals surface area contributed by atoms with Gasteiger partial charge in [-0.15, -0.1) is 0 Å². The van der Waals surface area contributed by atoms with Crippen LogP contribution in [0.5, 0.6) is 5.88 Å². The van der Waals surface area contributed by atoms with Crippen LogP contribution in [-0.2, 0) is 12.8 Å². The van der Waals surface area contributed by atoms with E-state index in [-0.39, 0.29) is 5.88 Å². The molecule has 2 aromatic heterocycles. The lowest BCUT2D eigenvalue weighted by Gasteiger charge is -2.38. The molecule has 2 heterocycles. The van der Waals surface area contributed by atoms with Gasteiger partial charge in [0.2, 0.25) is 5.88 Å². The van der Waals surface area contributed by atoms with Crippen LogP contribution in [0.2, 0.25) is 0 Å². The fourth-order valence-corrected chi connectivity index (χ4v) is 9.37. The van der Waals surface area contributed by atoms with Gasteiger partial charge >= 0.3 is 5.97 Å². The van der Waals surface area contributed by atoms with Gasteiger partial charge in [0.05, 0.1) is 12.1 Å². The average Bonchev–Trinajstić information content (AvgIpc) is 3.70. The molecule has 298 valence electrons. The van der Waals surface area contributed by atoms with Crippen molar-refractivity contribution in [1.82, 2.24) is 14.6 Å². The third-order valence-electron chi connectivity index (χ3n) is 12.5. The molecule has 0 amide bonds. The van der Waals surface area contributed by atoms with Crippen molar-refractivity contribution in [2.75, 3.05) is 0 Å². The molecule has 5 rings (SSSR count). The number of unbranched alkanes of at least 4 members (excludes halogenated alkanes) is 15. The number of aryl methyl sites for hydroxylation is 3. The second kappa shape index (κ2) is 21.5. The number of rotatable bonds is 22. The predicted molar refractivity (Wildman–Crippen MR) is 229 cm³/mol. The van der Waals surface area contributed by atoms with Gasteiger partial charge in [-0.2, -0.15) is 0 Å². The summed E-state index contributed by atoms with van der Waals surface area (Å²) in [4.78, 5) is 22.8. The van der Waals surface area contributed by atoms with E-state index in [1.54, 1.807) is 4.52 Å². The third kappa shape index (κ3) is 11.8. The van der Waals surface area contributed by atoms with Crippen LogP contribution in [0.3, 0.4) is 0 Å². The van der Waals surface area contributed by atoms with Crippen molar-refractivity contribution in [3.05, 3.63) is 81.7 Å². The van der Waals surface area contributed by atoms with Crippen LogP contribution in [0.25, 0.3) is 21.9 Å². The van der Waals surface area contributed by atoms with E-state index < -0.39 is 5.97 Å². The molecular formula is C49H70N4O2. The van der Waals surface area contributed by atoms with Gasteiger partial charge in [-0.1, -0.05) is 160 Å². The summed E-state index contributed by atoms with van der Waals surface area (Å²) in [5.41, 5.74) is 6.97. The second-order valence-electron chi connectivity index (χ2n) is 17.3. The molecule has 0 spiro atoms. The number of aromatic amines is 1. The van der Waals surface area contributed by atoms with E-state index in [1.165, 1.54) is 127 Å². The zero-order chi connectivity index (χ0) is 39.2. The molecule has 4 aromatic rings. The SMILES string of the molecule is [C-]#[N+]c1c(CC2C(C)CC(C)CC2C)c2nc(-c3ccc(C)cc3C)[nH]n2c1OC(=O)c1ccc(CCCCCCCCCCCCCCCCCC)cc1. The lowest BCUT2D eigenvalue weighted by molar-refractivity contribution is 0.0725. The average molecular weight is 747 g/mol. The van der Waals surface area contributed by atoms with Crippen molar-refractivity contribution in [3.8, 4) is 17.3 Å². The summed E-state index contributed by atoms with van der Waals surface area (Å²) >= 11 is 0. The van der Waals surface area contributed by atoms with Crippen LogP contribution in [0.1, 0.15) is 176 Å². The maximum absolute atomic E-state index is 13.7. The van der Waals surface area contributed by atoms with Crippen LogP contribution >= 0.6 is 0 Å². The topological polar surface area (TPSA) is 63.8 Å². The first kappa shape index (κ1) is 42.3. The van der Waals surface area contributed by atoms with Gasteiger partial charge in [0.15, 0.2) is 5.82 Å². The summed E-state index contributed by atoms with van der Waals surface area (Å²) in [6.07, 6.45) is 26.0. The molecule has 0 bridgehead atoms. The van der Waals surface area contributed by atoms with Crippen LogP contribution in [0, 0.1) is 44.1 Å². The Morgan fingerprint density at radius 2 is 1.38 bits per heavy atom. The Labute approximate surface area is 333 Å². The first-order chi connectivity index (χ1) is 26.7. The Kier molecular flexibility index (Phi) is 16.5. The summed E-state index contributed by atoms with van der Waals surface area (Å²) in [6.45, 7) is 21.8. The lowest BCUT2D eigenvalue weighted by Crippen LogP contribution is -2.30. The Morgan fingerprint density at radius 1 is 0.818 bits per heavy atom. The van der Waals surface area contributed by atoms with Gasteiger partial charge in [0.1, 0.15) is 5.65 Å². The number of nitrogens with one attached hydrogen (secondary N) is 1. The van der Waals surface area contributed by atoms with E-state index in [0.717, 1.165) is 29.5 Å². The number of fused-ring (bicyclic) bond motifs is 1. The minimum atomic E-state index is -0.458. The number of carbonyl (C=O) groups is 1. The van der Waals surface area contributed by atoms with Crippen molar-refractivity contribution < 1.29 is 9.53 Å². The predicted octanol–water partition coefficient (Wildman–Crippen LogP) is 14.4. The highest BCUT2D eigenvalue weighted by Gasteiger charge is 2.35. The van der Waals surface area contributed by atoms with Crippen molar-refractivity contribution in [1.29, 1.82) is 0 Å². The molecule has 0 saturated heterocycles. The molecule has 55 heavy (non-hydrogen) atoms. The van der Waals surface area contributed by atoms with E-state index in [9.17, 15) is 4.79 Å². The maximum Gasteiger partial charge on any atom is 0.343 e. The van der Waals surface area contributed by atoms with Gasteiger partial charge in [0.25, 0.3) is 5.69 Å². The van der Waals surface area contributed by atoms with E-state index in [2.05, 4.69) is 81.8 Å². The molecule has 1 aliphatic carbocycles. The van der Waals surface area contributed by atoms with Gasteiger partial charge < -0.3 is 4.74 Å². The third-order valence-corrected chi connectivity index (χ3v) is 12.5. The Bertz CT molecular complexity index is 1810. The summed E-state index contributed by atoms with van der Waals surface area (Å²) in [7, 11) is 0. The molecule has 1 N–H and O–H groups in total. The van der Waals surface area contributed by atoms with Crippen LogP contribution in [0.4, 0.5) is 5.69 Å². The Morgan fingerprint density at radius 3 is 1.93 bits per heavy atom. The normalized spacial score (nSPS) is 18.5. The number of nitrogens with zero attached hydrogens (tertiary/aromatic N) is 3. The Hall–Kier alpha value is -3.85. The summed E-state index contributed by atoms with van der Waals surface area (Å²) in [6, 6.07) is 14.2. The second-order valence-corrected chi connectivity index (χ2v) is 17.3. The minimum Gasteiger partial charge on any atom is -0.414 e. The van der Waals surface area contributed by atoms with E-state index in [4.69, 9.17) is 16.3 Å². The smallest absolute Gasteiger partial charge is 0.343 e. The highest BCUT2D eigenvalue weighted by Crippen LogP contribution is 2.45. The van der Waals surface area contributed by atoms with Crippen LogP contribution in [0.15, 0.2) is 42.5 Å². The number of H-pyrrole nitrogens is 1. The van der Waals surface area contributed by atoms with Crippen molar-refractivity contribution >= 4 is 17.3 Å². The van der Waals surface area contributed by atoms with Crippen LogP contribution in [-0.4, -0.2) is 20.6 Å². The minimum absolute atomic E-state index is 0.232. The number of hydrogen-bond acceptors (Lipinski definition) is 3. The molecule has 0 radical (unpaired) electrons. The monoisotopic (exact) mass is 747 g/mol. The molecular weight excluding hydrogens is 677 g/mol. The summed E-state index contributed by atoms with van der Waals surface area (Å²) < 4.78 is 7.89. The molecule has 1 aliphatic rings. The summed E-state index contributed by atoms with van der Waals surface area (Å²) in [5, 5.41) is 3.42. The van der Waals surface area contributed by atoms with Gasteiger partial charge in [-0.05, 0) is 92.9 Å². The number of hydrogen-bond donors (Lipinski definition) is 1.